The summed E-state index contributed by atoms with van der Waals surface area (Å²) in [5, 5.41) is 2.89. The van der Waals surface area contributed by atoms with E-state index in [1.807, 2.05) is 0 Å². The molecular weight excluding hydrogens is 276 g/mol. The molecule has 1 heterocycles. The van der Waals surface area contributed by atoms with Gasteiger partial charge in [0.05, 0.1) is 12.2 Å². The number of hydrogen-bond acceptors (Lipinski definition) is 4. The lowest BCUT2D eigenvalue weighted by atomic mass is 10.2. The predicted molar refractivity (Wildman–Crippen MR) is 74.3 cm³/mol. The van der Waals surface area contributed by atoms with Crippen LogP contribution < -0.4 is 10.1 Å². The molecule has 21 heavy (non-hydrogen) atoms. The van der Waals surface area contributed by atoms with Gasteiger partial charge in [0.15, 0.2) is 11.6 Å². The summed E-state index contributed by atoms with van der Waals surface area (Å²) in [6.07, 6.45) is 3.35. The fourth-order valence-corrected chi connectivity index (χ4v) is 2.02. The second-order valence-electron chi connectivity index (χ2n) is 4.92. The van der Waals surface area contributed by atoms with Gasteiger partial charge in [-0.05, 0) is 37.1 Å². The molecule has 1 aromatic heterocycles. The van der Waals surface area contributed by atoms with Gasteiger partial charge < -0.3 is 10.1 Å². The molecule has 1 aliphatic rings. The van der Waals surface area contributed by atoms with Crippen molar-refractivity contribution >= 4 is 5.82 Å². The molecule has 0 bridgehead atoms. The number of ether oxygens (including phenoxy) is 1. The molecule has 1 aromatic carbocycles. The highest BCUT2D eigenvalue weighted by Crippen LogP contribution is 2.40. The van der Waals surface area contributed by atoms with Crippen LogP contribution in [0.3, 0.4) is 0 Å². The van der Waals surface area contributed by atoms with Crippen molar-refractivity contribution in [2.75, 3.05) is 18.5 Å². The molecular formula is C15H15F2N3O. The Hall–Kier alpha value is -2.24. The molecule has 110 valence electrons. The fraction of sp³-hybridized carbons (Fsp3) is 0.333. The van der Waals surface area contributed by atoms with Crippen LogP contribution in [0.5, 0.6) is 5.75 Å². The average molecular weight is 291 g/mol. The first kappa shape index (κ1) is 13.7. The molecule has 3 rings (SSSR count). The minimum Gasteiger partial charge on any atom is -0.492 e. The summed E-state index contributed by atoms with van der Waals surface area (Å²) >= 11 is 0. The smallest absolute Gasteiger partial charge is 0.187 e. The van der Waals surface area contributed by atoms with Gasteiger partial charge in [-0.3, -0.25) is 0 Å². The lowest BCUT2D eigenvalue weighted by molar-refractivity contribution is 0.332. The highest BCUT2D eigenvalue weighted by atomic mass is 19.1. The number of nitrogens with one attached hydrogen (secondary N) is 1. The van der Waals surface area contributed by atoms with E-state index < -0.39 is 0 Å². The minimum absolute atomic E-state index is 0.203. The minimum atomic E-state index is -0.373. The fourth-order valence-electron chi connectivity index (χ4n) is 2.02. The zero-order chi connectivity index (χ0) is 14.7. The van der Waals surface area contributed by atoms with Crippen LogP contribution in [-0.4, -0.2) is 23.1 Å². The summed E-state index contributed by atoms with van der Waals surface area (Å²) in [6, 6.07) is 5.75. The van der Waals surface area contributed by atoms with Crippen molar-refractivity contribution in [1.82, 2.24) is 9.97 Å². The largest absolute Gasteiger partial charge is 0.492 e. The van der Waals surface area contributed by atoms with Gasteiger partial charge in [0.25, 0.3) is 0 Å². The van der Waals surface area contributed by atoms with E-state index in [0.29, 0.717) is 24.6 Å². The molecule has 0 unspecified atom stereocenters. The molecule has 0 aliphatic heterocycles. The van der Waals surface area contributed by atoms with Crippen LogP contribution in [0, 0.1) is 11.6 Å². The molecule has 4 nitrogen and oxygen atoms in total. The Kier molecular flexibility index (Phi) is 3.94. The van der Waals surface area contributed by atoms with Gasteiger partial charge in [-0.2, -0.15) is 0 Å². The third-order valence-corrected chi connectivity index (χ3v) is 3.26. The van der Waals surface area contributed by atoms with Crippen LogP contribution in [0.15, 0.2) is 30.6 Å². The number of anilines is 1. The van der Waals surface area contributed by atoms with E-state index in [0.717, 1.165) is 12.8 Å². The maximum absolute atomic E-state index is 14.1. The first-order valence-corrected chi connectivity index (χ1v) is 6.86. The van der Waals surface area contributed by atoms with E-state index in [2.05, 4.69) is 15.3 Å². The summed E-state index contributed by atoms with van der Waals surface area (Å²) in [5.74, 6) is 0.330. The van der Waals surface area contributed by atoms with E-state index in [9.17, 15) is 8.78 Å². The van der Waals surface area contributed by atoms with Crippen LogP contribution in [0.4, 0.5) is 14.6 Å². The van der Waals surface area contributed by atoms with Gasteiger partial charge in [-0.25, -0.2) is 18.7 Å². The summed E-state index contributed by atoms with van der Waals surface area (Å²) in [4.78, 5) is 7.90. The monoisotopic (exact) mass is 291 g/mol. The third kappa shape index (κ3) is 3.45. The third-order valence-electron chi connectivity index (χ3n) is 3.26. The molecule has 1 saturated carbocycles. The van der Waals surface area contributed by atoms with Gasteiger partial charge in [0, 0.05) is 5.92 Å². The van der Waals surface area contributed by atoms with Crippen molar-refractivity contribution in [2.24, 2.45) is 0 Å². The van der Waals surface area contributed by atoms with Crippen LogP contribution in [0.1, 0.15) is 24.5 Å². The molecule has 2 aromatic rings. The quantitative estimate of drug-likeness (QED) is 0.831. The van der Waals surface area contributed by atoms with Crippen molar-refractivity contribution in [3.63, 3.8) is 0 Å². The molecule has 0 spiro atoms. The Morgan fingerprint density at radius 1 is 1.14 bits per heavy atom. The lowest BCUT2D eigenvalue weighted by Crippen LogP contribution is -2.14. The van der Waals surface area contributed by atoms with Crippen molar-refractivity contribution < 1.29 is 13.5 Å². The Morgan fingerprint density at radius 2 is 1.90 bits per heavy atom. The van der Waals surface area contributed by atoms with Crippen LogP contribution in [-0.2, 0) is 0 Å². The predicted octanol–water partition coefficient (Wildman–Crippen LogP) is 3.12. The second-order valence-corrected chi connectivity index (χ2v) is 4.92. The summed E-state index contributed by atoms with van der Waals surface area (Å²) in [7, 11) is 0. The molecule has 1 N–H and O–H groups in total. The van der Waals surface area contributed by atoms with Crippen molar-refractivity contribution in [3.05, 3.63) is 47.9 Å². The SMILES string of the molecule is Fc1ccc(OCCNc2ncnc(C3CC3)c2F)cc1. The van der Waals surface area contributed by atoms with E-state index in [1.54, 1.807) is 12.1 Å². The maximum atomic E-state index is 14.1. The number of benzene rings is 1. The average Bonchev–Trinajstić information content (AvgIpc) is 3.31. The van der Waals surface area contributed by atoms with Gasteiger partial charge in [0.2, 0.25) is 0 Å². The normalized spacial score (nSPS) is 14.0. The van der Waals surface area contributed by atoms with Crippen LogP contribution >= 0.6 is 0 Å². The topological polar surface area (TPSA) is 47.0 Å². The highest BCUT2D eigenvalue weighted by molar-refractivity contribution is 5.39. The zero-order valence-electron chi connectivity index (χ0n) is 11.4. The molecule has 6 heteroatoms. The number of nitrogens with zero attached hydrogens (tertiary/aromatic N) is 2. The Morgan fingerprint density at radius 3 is 2.62 bits per heavy atom. The summed E-state index contributed by atoms with van der Waals surface area (Å²) in [6.45, 7) is 0.725. The van der Waals surface area contributed by atoms with Crippen molar-refractivity contribution in [1.29, 1.82) is 0 Å². The Labute approximate surface area is 121 Å². The van der Waals surface area contributed by atoms with Crippen molar-refractivity contribution in [2.45, 2.75) is 18.8 Å². The lowest BCUT2D eigenvalue weighted by Gasteiger charge is -2.09. The summed E-state index contributed by atoms with van der Waals surface area (Å²) in [5.41, 5.74) is 0.493. The molecule has 0 radical (unpaired) electrons. The maximum Gasteiger partial charge on any atom is 0.187 e. The second kappa shape index (κ2) is 6.03. The first-order valence-electron chi connectivity index (χ1n) is 6.86. The van der Waals surface area contributed by atoms with Gasteiger partial charge in [-0.1, -0.05) is 0 Å². The van der Waals surface area contributed by atoms with Crippen molar-refractivity contribution in [3.8, 4) is 5.75 Å². The van der Waals surface area contributed by atoms with E-state index in [4.69, 9.17) is 4.74 Å². The number of hydrogen-bond donors (Lipinski definition) is 1. The highest BCUT2D eigenvalue weighted by Gasteiger charge is 2.29. The number of halogens is 2. The number of aromatic nitrogens is 2. The summed E-state index contributed by atoms with van der Waals surface area (Å²) < 4.78 is 32.2. The molecule has 0 atom stereocenters. The van der Waals surface area contributed by atoms with Gasteiger partial charge in [-0.15, -0.1) is 0 Å². The van der Waals surface area contributed by atoms with Gasteiger partial charge >= 0.3 is 0 Å². The first-order chi connectivity index (χ1) is 10.2. The Balaban J connectivity index is 1.51. The standard InChI is InChI=1S/C15H15F2N3O/c16-11-3-5-12(6-4-11)21-8-7-18-15-13(17)14(10-1-2-10)19-9-20-15/h3-6,9-10H,1-2,7-8H2,(H,18,19,20). The van der Waals surface area contributed by atoms with Gasteiger partial charge in [0.1, 0.15) is 24.5 Å². The van der Waals surface area contributed by atoms with E-state index >= 15 is 0 Å². The molecule has 1 aliphatic carbocycles. The van der Waals surface area contributed by atoms with Crippen LogP contribution in [0.2, 0.25) is 0 Å². The van der Waals surface area contributed by atoms with E-state index in [1.165, 1.54) is 18.5 Å². The number of rotatable bonds is 6. The molecule has 0 saturated heterocycles. The zero-order valence-corrected chi connectivity index (χ0v) is 11.4. The molecule has 1 fully saturated rings. The van der Waals surface area contributed by atoms with Crippen LogP contribution in [0.25, 0.3) is 0 Å². The molecule has 0 amide bonds. The van der Waals surface area contributed by atoms with E-state index in [-0.39, 0.29) is 23.4 Å². The Bertz CT molecular complexity index is 615.